The van der Waals surface area contributed by atoms with Gasteiger partial charge in [-0.3, -0.25) is 18.7 Å². The van der Waals surface area contributed by atoms with Crippen molar-refractivity contribution in [3.8, 4) is 0 Å². The summed E-state index contributed by atoms with van der Waals surface area (Å²) in [6, 6.07) is 3.02. The fraction of sp³-hybridized carbons (Fsp3) is 0.312. The number of fused-ring (bicyclic) bond motifs is 1. The van der Waals surface area contributed by atoms with Crippen molar-refractivity contribution in [3.05, 3.63) is 49.9 Å². The number of hydrogen-bond acceptors (Lipinski definition) is 5. The predicted octanol–water partition coefficient (Wildman–Crippen LogP) is 0.235. The molecule has 0 saturated heterocycles. The van der Waals surface area contributed by atoms with Crippen molar-refractivity contribution in [1.82, 2.24) is 23.9 Å². The highest BCUT2D eigenvalue weighted by atomic mass is 16.2. The highest BCUT2D eigenvalue weighted by molar-refractivity contribution is 6.07. The summed E-state index contributed by atoms with van der Waals surface area (Å²) in [6.07, 6.45) is 0. The molecule has 0 aliphatic carbocycles. The number of nitrogens with one attached hydrogen (secondary N) is 1. The summed E-state index contributed by atoms with van der Waals surface area (Å²) in [6.45, 7) is 3.79. The molecule has 9 heteroatoms. The van der Waals surface area contributed by atoms with Gasteiger partial charge in [0.25, 0.3) is 11.5 Å². The lowest BCUT2D eigenvalue weighted by atomic mass is 10.2. The molecule has 3 heterocycles. The van der Waals surface area contributed by atoms with Crippen molar-refractivity contribution in [1.29, 1.82) is 0 Å². The van der Waals surface area contributed by atoms with Gasteiger partial charge in [-0.05, 0) is 25.5 Å². The van der Waals surface area contributed by atoms with E-state index < -0.39 is 17.2 Å². The van der Waals surface area contributed by atoms with Crippen LogP contribution < -0.4 is 16.6 Å². The van der Waals surface area contributed by atoms with Gasteiger partial charge in [-0.25, -0.2) is 14.5 Å². The minimum absolute atomic E-state index is 0.0374. The van der Waals surface area contributed by atoms with Crippen LogP contribution in [0.2, 0.25) is 0 Å². The number of nitrogens with zero attached hydrogens (tertiary/aromatic N) is 5. The third-order valence-corrected chi connectivity index (χ3v) is 4.11. The van der Waals surface area contributed by atoms with Crippen molar-refractivity contribution < 1.29 is 4.79 Å². The van der Waals surface area contributed by atoms with E-state index in [4.69, 9.17) is 0 Å². The Morgan fingerprint density at radius 1 is 1.08 bits per heavy atom. The molecule has 0 aliphatic rings. The van der Waals surface area contributed by atoms with Gasteiger partial charge in [0.1, 0.15) is 5.69 Å². The Hall–Kier alpha value is -3.23. The zero-order chi connectivity index (χ0) is 18.5. The van der Waals surface area contributed by atoms with Gasteiger partial charge in [0.15, 0.2) is 11.5 Å². The van der Waals surface area contributed by atoms with Gasteiger partial charge in [0.2, 0.25) is 0 Å². The van der Waals surface area contributed by atoms with Gasteiger partial charge in [0.05, 0.1) is 5.39 Å². The number of hydrogen-bond donors (Lipinski definition) is 1. The highest BCUT2D eigenvalue weighted by Crippen LogP contribution is 2.25. The van der Waals surface area contributed by atoms with Gasteiger partial charge < -0.3 is 5.32 Å². The standard InChI is InChI=1S/C16H18N6O3/c1-8-6-9(2)17-14-12(8)13(19-22(14)5)18-15(24)10-7-11(23)21(4)16(25)20(10)3/h6-7H,1-5H3,(H,18,19,24). The summed E-state index contributed by atoms with van der Waals surface area (Å²) in [5, 5.41) is 7.70. The Labute approximate surface area is 142 Å². The first-order chi connectivity index (χ1) is 11.7. The van der Waals surface area contributed by atoms with Crippen LogP contribution in [0.5, 0.6) is 0 Å². The maximum atomic E-state index is 12.6. The average molecular weight is 342 g/mol. The van der Waals surface area contributed by atoms with Crippen LogP contribution in [0.1, 0.15) is 21.7 Å². The quantitative estimate of drug-likeness (QED) is 0.718. The second kappa shape index (κ2) is 5.69. The number of carbonyl (C=O) groups is 1. The first kappa shape index (κ1) is 16.6. The van der Waals surface area contributed by atoms with E-state index in [0.717, 1.165) is 31.8 Å². The zero-order valence-corrected chi connectivity index (χ0v) is 14.6. The summed E-state index contributed by atoms with van der Waals surface area (Å²) in [5.74, 6) is -0.252. The Balaban J connectivity index is 2.10. The average Bonchev–Trinajstić information content (AvgIpc) is 2.84. The van der Waals surface area contributed by atoms with Crippen molar-refractivity contribution >= 4 is 22.8 Å². The van der Waals surface area contributed by atoms with E-state index in [1.807, 2.05) is 19.9 Å². The van der Waals surface area contributed by atoms with Gasteiger partial charge in [-0.2, -0.15) is 5.10 Å². The van der Waals surface area contributed by atoms with Crippen LogP contribution in [0, 0.1) is 13.8 Å². The Bertz CT molecular complexity index is 1140. The number of rotatable bonds is 2. The molecular weight excluding hydrogens is 324 g/mol. The van der Waals surface area contributed by atoms with Crippen LogP contribution in [0.3, 0.4) is 0 Å². The van der Waals surface area contributed by atoms with E-state index in [-0.39, 0.29) is 5.69 Å². The predicted molar refractivity (Wildman–Crippen MR) is 92.9 cm³/mol. The summed E-state index contributed by atoms with van der Waals surface area (Å²) in [5.41, 5.74) is 1.25. The van der Waals surface area contributed by atoms with Crippen LogP contribution in [0.4, 0.5) is 5.82 Å². The van der Waals surface area contributed by atoms with E-state index in [1.54, 1.807) is 11.7 Å². The van der Waals surface area contributed by atoms with E-state index in [0.29, 0.717) is 11.5 Å². The summed E-state index contributed by atoms with van der Waals surface area (Å²) >= 11 is 0. The number of carbonyl (C=O) groups excluding carboxylic acids is 1. The van der Waals surface area contributed by atoms with E-state index in [1.165, 1.54) is 14.1 Å². The lowest BCUT2D eigenvalue weighted by Crippen LogP contribution is -2.40. The third kappa shape index (κ3) is 2.63. The molecule has 9 nitrogen and oxygen atoms in total. The van der Waals surface area contributed by atoms with Crippen molar-refractivity contribution in [2.75, 3.05) is 5.32 Å². The van der Waals surface area contributed by atoms with E-state index in [9.17, 15) is 14.4 Å². The van der Waals surface area contributed by atoms with Crippen LogP contribution in [0.25, 0.3) is 11.0 Å². The van der Waals surface area contributed by atoms with Crippen molar-refractivity contribution in [3.63, 3.8) is 0 Å². The number of pyridine rings is 1. The third-order valence-electron chi connectivity index (χ3n) is 4.11. The first-order valence-electron chi connectivity index (χ1n) is 7.60. The van der Waals surface area contributed by atoms with Crippen molar-refractivity contribution in [2.24, 2.45) is 21.1 Å². The molecule has 0 unspecified atom stereocenters. The fourth-order valence-corrected chi connectivity index (χ4v) is 2.80. The van der Waals surface area contributed by atoms with Gasteiger partial charge in [-0.15, -0.1) is 0 Å². The number of aryl methyl sites for hydroxylation is 3. The van der Waals surface area contributed by atoms with Crippen LogP contribution in [0.15, 0.2) is 21.7 Å². The Kier molecular flexibility index (Phi) is 3.78. The molecule has 25 heavy (non-hydrogen) atoms. The highest BCUT2D eigenvalue weighted by Gasteiger charge is 2.19. The normalized spacial score (nSPS) is 11.1. The first-order valence-corrected chi connectivity index (χ1v) is 7.60. The largest absolute Gasteiger partial charge is 0.331 e. The monoisotopic (exact) mass is 342 g/mol. The molecule has 0 fully saturated rings. The lowest BCUT2D eigenvalue weighted by molar-refractivity contribution is 0.101. The molecule has 0 radical (unpaired) electrons. The minimum atomic E-state index is -0.586. The maximum Gasteiger partial charge on any atom is 0.331 e. The Morgan fingerprint density at radius 2 is 1.76 bits per heavy atom. The molecule has 3 aromatic heterocycles. The van der Waals surface area contributed by atoms with E-state index >= 15 is 0 Å². The lowest BCUT2D eigenvalue weighted by Gasteiger charge is -2.09. The van der Waals surface area contributed by atoms with Crippen LogP contribution in [-0.4, -0.2) is 29.8 Å². The second-order valence-corrected chi connectivity index (χ2v) is 5.97. The molecule has 0 aromatic carbocycles. The molecule has 1 amide bonds. The Morgan fingerprint density at radius 3 is 2.44 bits per heavy atom. The summed E-state index contributed by atoms with van der Waals surface area (Å²) in [4.78, 5) is 40.8. The number of amides is 1. The smallest absolute Gasteiger partial charge is 0.303 e. The maximum absolute atomic E-state index is 12.6. The minimum Gasteiger partial charge on any atom is -0.303 e. The van der Waals surface area contributed by atoms with Gasteiger partial charge >= 0.3 is 5.69 Å². The fourth-order valence-electron chi connectivity index (χ4n) is 2.80. The van der Waals surface area contributed by atoms with Gasteiger partial charge in [-0.1, -0.05) is 0 Å². The molecule has 3 aromatic rings. The number of aromatic nitrogens is 5. The van der Waals surface area contributed by atoms with Crippen LogP contribution in [-0.2, 0) is 21.1 Å². The molecule has 1 N–H and O–H groups in total. The van der Waals surface area contributed by atoms with Crippen LogP contribution >= 0.6 is 0 Å². The molecular formula is C16H18N6O3. The SMILES string of the molecule is Cc1cc(C)c2c(NC(=O)c3cc(=O)n(C)c(=O)n3C)nn(C)c2n1. The van der Waals surface area contributed by atoms with Gasteiger partial charge in [0, 0.05) is 32.9 Å². The molecule has 0 bridgehead atoms. The zero-order valence-electron chi connectivity index (χ0n) is 14.6. The molecule has 3 rings (SSSR count). The van der Waals surface area contributed by atoms with Crippen molar-refractivity contribution in [2.45, 2.75) is 13.8 Å². The summed E-state index contributed by atoms with van der Waals surface area (Å²) in [7, 11) is 4.53. The van der Waals surface area contributed by atoms with E-state index in [2.05, 4.69) is 15.4 Å². The molecule has 0 atom stereocenters. The number of anilines is 1. The second-order valence-electron chi connectivity index (χ2n) is 5.97. The summed E-state index contributed by atoms with van der Waals surface area (Å²) < 4.78 is 3.63. The molecule has 0 aliphatic heterocycles. The molecule has 0 saturated carbocycles. The topological polar surface area (TPSA) is 104 Å². The molecule has 130 valence electrons. The molecule has 0 spiro atoms.